The van der Waals surface area contributed by atoms with E-state index < -0.39 is 14.5 Å². The van der Waals surface area contributed by atoms with E-state index in [4.69, 9.17) is 23.2 Å². The Labute approximate surface area is 253 Å². The number of hydrogen-bond acceptors (Lipinski definition) is 0. The molecule has 0 atom stereocenters. The van der Waals surface area contributed by atoms with E-state index in [1.165, 1.54) is 82.6 Å². The summed E-state index contributed by atoms with van der Waals surface area (Å²) in [7, 11) is -3.41. The minimum atomic E-state index is -1.70. The zero-order valence-corrected chi connectivity index (χ0v) is 28.9. The van der Waals surface area contributed by atoms with Crippen molar-refractivity contribution in [1.29, 1.82) is 0 Å². The van der Waals surface area contributed by atoms with Crippen LogP contribution in [0.15, 0.2) is 11.6 Å². The second-order valence-electron chi connectivity index (χ2n) is 15.6. The van der Waals surface area contributed by atoms with Crippen LogP contribution in [0.4, 0.5) is 0 Å². The summed E-state index contributed by atoms with van der Waals surface area (Å²) >= 11 is 13.7. The predicted octanol–water partition coefficient (Wildman–Crippen LogP) is 12.2. The van der Waals surface area contributed by atoms with Crippen molar-refractivity contribution in [1.82, 2.24) is 0 Å². The van der Waals surface area contributed by atoms with Crippen LogP contribution in [0.3, 0.4) is 0 Å². The van der Waals surface area contributed by atoms with E-state index in [9.17, 15) is 0 Å². The van der Waals surface area contributed by atoms with Gasteiger partial charge in [-0.05, 0) is 0 Å². The van der Waals surface area contributed by atoms with Gasteiger partial charge >= 0.3 is 255 Å². The summed E-state index contributed by atoms with van der Waals surface area (Å²) in [5.41, 5.74) is 8.03. The molecule has 6 aliphatic carbocycles. The number of allylic oxidation sites excluding steroid dienone is 2. The zero-order chi connectivity index (χ0) is 26.9. The Morgan fingerprint density at radius 3 is 0.846 bits per heavy atom. The fourth-order valence-corrected chi connectivity index (χ4v) is 37.6. The monoisotopic (exact) mass is 614 g/mol. The molecule has 0 saturated heterocycles. The third kappa shape index (κ3) is 5.51. The molecule has 6 saturated carbocycles. The molecule has 0 unspecified atom stereocenters. The molecule has 0 amide bonds. The fourth-order valence-electron chi connectivity index (χ4n) is 13.1. The van der Waals surface area contributed by atoms with Gasteiger partial charge in [0.2, 0.25) is 0 Å². The third-order valence-corrected chi connectivity index (χ3v) is 32.4. The molecular weight excluding hydrogens is 553 g/mol. The van der Waals surface area contributed by atoms with Gasteiger partial charge in [0, 0.05) is 0 Å². The van der Waals surface area contributed by atoms with Crippen molar-refractivity contribution in [3.63, 3.8) is 0 Å². The molecule has 0 aromatic carbocycles. The zero-order valence-electron chi connectivity index (χ0n) is 25.4. The fraction of sp³-hybridized carbons (Fsp3) is 0.943. The van der Waals surface area contributed by atoms with Crippen molar-refractivity contribution in [2.24, 2.45) is 0 Å². The molecular formula is C35H62Cl2P2. The molecule has 4 heteroatoms. The summed E-state index contributed by atoms with van der Waals surface area (Å²) in [6.07, 6.45) is 40.6. The van der Waals surface area contributed by atoms with Gasteiger partial charge in [-0.15, -0.1) is 0 Å². The van der Waals surface area contributed by atoms with E-state index in [0.717, 1.165) is 39.4 Å². The first-order valence-corrected chi connectivity index (χ1v) is 23.5. The van der Waals surface area contributed by atoms with Crippen LogP contribution in [-0.2, 0) is 0 Å². The molecule has 226 valence electrons. The van der Waals surface area contributed by atoms with Crippen LogP contribution >= 0.6 is 37.7 Å². The first kappa shape index (κ1) is 30.2. The number of alkyl halides is 2. The van der Waals surface area contributed by atoms with Crippen LogP contribution in [0.5, 0.6) is 0 Å². The molecule has 0 heterocycles. The Kier molecular flexibility index (Phi) is 10.4. The first-order valence-electron chi connectivity index (χ1n) is 18.1. The van der Waals surface area contributed by atoms with E-state index in [2.05, 4.69) is 13.0 Å². The van der Waals surface area contributed by atoms with Crippen molar-refractivity contribution >= 4 is 37.7 Å². The van der Waals surface area contributed by atoms with Crippen LogP contribution in [-0.4, -0.2) is 44.2 Å². The summed E-state index contributed by atoms with van der Waals surface area (Å²) in [6.45, 7) is 2.37. The van der Waals surface area contributed by atoms with Gasteiger partial charge in [0.05, 0.1) is 0 Å². The Hall–Kier alpha value is 1.18. The molecule has 0 nitrogen and oxygen atoms in total. The SMILES string of the molecule is CC(=CC([PH](C1CCCC1)(C1CCCC1)C1CCCC1)[PH](C1CCCC1)(C1CCCC1)C1CCCC1)C(Cl)Cl. The second-order valence-corrected chi connectivity index (χ2v) is 27.4. The van der Waals surface area contributed by atoms with Gasteiger partial charge in [-0.3, -0.25) is 0 Å². The molecule has 0 N–H and O–H groups in total. The van der Waals surface area contributed by atoms with Gasteiger partial charge in [0.1, 0.15) is 0 Å². The minimum absolute atomic E-state index is 0.308. The third-order valence-electron chi connectivity index (χ3n) is 14.2. The van der Waals surface area contributed by atoms with E-state index in [-0.39, 0.29) is 4.84 Å². The summed E-state index contributed by atoms with van der Waals surface area (Å²) < 4.78 is 0. The standard InChI is InChI=1S/C35H62Cl2P2/c1-27(35(36)37)26-34(38(28-14-2-3-15-28,29-16-4-5-17-29)30-18-6-7-19-30)39(31-20-8-9-21-31,32-22-10-11-23-32)33-24-12-13-25-33/h26,28-35,38-39H,2-25H2,1H3. The van der Waals surface area contributed by atoms with Crippen molar-refractivity contribution in [3.8, 4) is 0 Å². The molecule has 6 rings (SSSR count). The summed E-state index contributed by atoms with van der Waals surface area (Å²) in [5, 5.41) is 0.980. The van der Waals surface area contributed by atoms with Gasteiger partial charge in [0.15, 0.2) is 0 Å². The van der Waals surface area contributed by atoms with Gasteiger partial charge in [-0.2, -0.15) is 0 Å². The molecule has 0 bridgehead atoms. The average Bonchev–Trinajstić information content (AvgIpc) is 3.79. The van der Waals surface area contributed by atoms with Gasteiger partial charge < -0.3 is 0 Å². The molecule has 6 fully saturated rings. The number of hydrogen-bond donors (Lipinski definition) is 0. The first-order chi connectivity index (χ1) is 19.1. The number of halogens is 2. The summed E-state index contributed by atoms with van der Waals surface area (Å²) in [5.74, 6) is 0. The van der Waals surface area contributed by atoms with E-state index in [0.29, 0.717) is 0 Å². The normalized spacial score (nSPS) is 30.0. The molecule has 0 aliphatic heterocycles. The maximum atomic E-state index is 6.86. The van der Waals surface area contributed by atoms with Crippen molar-refractivity contribution in [2.45, 2.75) is 205 Å². The molecule has 6 aliphatic rings. The van der Waals surface area contributed by atoms with Gasteiger partial charge in [-0.25, -0.2) is 0 Å². The van der Waals surface area contributed by atoms with E-state index >= 15 is 0 Å². The number of rotatable bonds is 10. The summed E-state index contributed by atoms with van der Waals surface area (Å²) in [6, 6.07) is 0. The van der Waals surface area contributed by atoms with Gasteiger partial charge in [-0.1, -0.05) is 0 Å². The Balaban J connectivity index is 1.63. The van der Waals surface area contributed by atoms with Gasteiger partial charge in [0.25, 0.3) is 0 Å². The topological polar surface area (TPSA) is 0 Å². The van der Waals surface area contributed by atoms with Crippen molar-refractivity contribution in [3.05, 3.63) is 11.6 Å². The quantitative estimate of drug-likeness (QED) is 0.130. The Bertz CT molecular complexity index is 665. The molecule has 0 aromatic heterocycles. The Morgan fingerprint density at radius 1 is 0.462 bits per heavy atom. The second kappa shape index (κ2) is 13.4. The molecule has 0 spiro atoms. The van der Waals surface area contributed by atoms with E-state index in [1.807, 2.05) is 0 Å². The average molecular weight is 616 g/mol. The molecule has 0 radical (unpaired) electrons. The van der Waals surface area contributed by atoms with Crippen LogP contribution in [0.2, 0.25) is 0 Å². The Morgan fingerprint density at radius 2 is 0.667 bits per heavy atom. The van der Waals surface area contributed by atoms with Crippen molar-refractivity contribution < 1.29 is 0 Å². The van der Waals surface area contributed by atoms with Crippen LogP contribution < -0.4 is 0 Å². The maximum absolute atomic E-state index is 6.86. The predicted molar refractivity (Wildman–Crippen MR) is 183 cm³/mol. The van der Waals surface area contributed by atoms with Crippen LogP contribution in [0.25, 0.3) is 0 Å². The molecule has 39 heavy (non-hydrogen) atoms. The van der Waals surface area contributed by atoms with Crippen LogP contribution in [0, 0.1) is 0 Å². The van der Waals surface area contributed by atoms with Crippen molar-refractivity contribution in [2.75, 3.05) is 0 Å². The van der Waals surface area contributed by atoms with E-state index in [1.54, 1.807) is 77.0 Å². The molecule has 0 aromatic rings. The van der Waals surface area contributed by atoms with Crippen LogP contribution in [0.1, 0.15) is 161 Å². The summed E-state index contributed by atoms with van der Waals surface area (Å²) in [4.78, 5) is -0.308.